The van der Waals surface area contributed by atoms with Crippen molar-refractivity contribution in [2.45, 2.75) is 43.5 Å². The van der Waals surface area contributed by atoms with Crippen LogP contribution < -0.4 is 5.32 Å². The summed E-state index contributed by atoms with van der Waals surface area (Å²) in [7, 11) is -4.96. The minimum absolute atomic E-state index is 0.0135. The van der Waals surface area contributed by atoms with Crippen LogP contribution in [0.25, 0.3) is 11.0 Å². The van der Waals surface area contributed by atoms with Gasteiger partial charge in [-0.25, -0.2) is 4.68 Å². The van der Waals surface area contributed by atoms with Gasteiger partial charge in [0.05, 0.1) is 37.3 Å². The maximum atomic E-state index is 12.3. The van der Waals surface area contributed by atoms with Crippen molar-refractivity contribution in [2.75, 3.05) is 18.5 Å². The van der Waals surface area contributed by atoms with Crippen molar-refractivity contribution < 1.29 is 28.9 Å². The van der Waals surface area contributed by atoms with Crippen molar-refractivity contribution in [3.05, 3.63) is 52.2 Å². The first-order valence-corrected chi connectivity index (χ1v) is 14.1. The Balaban J connectivity index is 1.29. The molecule has 1 fully saturated rings. The van der Waals surface area contributed by atoms with Crippen molar-refractivity contribution in [1.82, 2.24) is 40.4 Å². The fourth-order valence-corrected chi connectivity index (χ4v) is 5.38. The second-order valence-corrected chi connectivity index (χ2v) is 11.5. The predicted molar refractivity (Wildman–Crippen MR) is 138 cm³/mol. The summed E-state index contributed by atoms with van der Waals surface area (Å²) in [4.78, 5) is 28.5. The smallest absolute Gasteiger partial charge is 0.359 e. The van der Waals surface area contributed by atoms with E-state index in [-0.39, 0.29) is 17.7 Å². The number of hydrogen-bond donors (Lipinski definition) is 5. The van der Waals surface area contributed by atoms with E-state index in [1.807, 2.05) is 18.2 Å². The summed E-state index contributed by atoms with van der Waals surface area (Å²) < 4.78 is 25.5. The van der Waals surface area contributed by atoms with E-state index < -0.39 is 38.3 Å². The number of halogens is 2. The molecule has 0 spiro atoms. The van der Waals surface area contributed by atoms with Crippen LogP contribution in [0.1, 0.15) is 30.5 Å². The minimum Gasteiger partial charge on any atom is -0.393 e. The summed E-state index contributed by atoms with van der Waals surface area (Å²) in [5, 5.41) is 29.5. The van der Waals surface area contributed by atoms with E-state index in [9.17, 15) is 19.5 Å². The molecule has 4 aromatic rings. The summed E-state index contributed by atoms with van der Waals surface area (Å²) in [6.07, 6.45) is 1.06. The molecule has 15 nitrogen and oxygen atoms in total. The Labute approximate surface area is 231 Å². The third-order valence-electron chi connectivity index (χ3n) is 6.33. The van der Waals surface area contributed by atoms with E-state index in [0.717, 1.165) is 5.56 Å². The van der Waals surface area contributed by atoms with E-state index >= 15 is 0 Å². The molecule has 18 heteroatoms. The zero-order valence-electron chi connectivity index (χ0n) is 20.2. The van der Waals surface area contributed by atoms with E-state index in [1.165, 1.54) is 0 Å². The van der Waals surface area contributed by atoms with Gasteiger partial charge >= 0.3 is 7.60 Å². The van der Waals surface area contributed by atoms with Gasteiger partial charge in [0.25, 0.3) is 0 Å². The zero-order chi connectivity index (χ0) is 27.6. The largest absolute Gasteiger partial charge is 0.393 e. The van der Waals surface area contributed by atoms with Gasteiger partial charge < -0.3 is 29.7 Å². The average molecular weight is 600 g/mol. The van der Waals surface area contributed by atoms with Gasteiger partial charge in [-0.1, -0.05) is 35.0 Å². The summed E-state index contributed by atoms with van der Waals surface area (Å²) in [6.45, 7) is -0.770. The van der Waals surface area contributed by atoms with Crippen molar-refractivity contribution in [3.8, 4) is 0 Å². The van der Waals surface area contributed by atoms with Gasteiger partial charge in [0.2, 0.25) is 5.28 Å². The molecule has 208 valence electrons. The van der Waals surface area contributed by atoms with Crippen LogP contribution in [-0.2, 0) is 27.0 Å². The number of benzene rings is 1. The molecule has 5 N–H and O–H groups in total. The van der Waals surface area contributed by atoms with Gasteiger partial charge in [0.1, 0.15) is 5.82 Å². The molecule has 0 saturated carbocycles. The van der Waals surface area contributed by atoms with Crippen LogP contribution >= 0.6 is 30.8 Å². The first-order valence-electron chi connectivity index (χ1n) is 11.8. The Kier molecular flexibility index (Phi) is 8.12. The first kappa shape index (κ1) is 27.8. The molecule has 3 atom stereocenters. The lowest BCUT2D eigenvalue weighted by molar-refractivity contribution is -0.0948. The quantitative estimate of drug-likeness (QED) is 0.124. The number of nitrogens with one attached hydrogen (secondary N) is 2. The zero-order valence-corrected chi connectivity index (χ0v) is 22.6. The lowest BCUT2D eigenvalue weighted by Crippen LogP contribution is -2.41. The van der Waals surface area contributed by atoms with Crippen LogP contribution in [0.5, 0.6) is 0 Å². The fourth-order valence-electron chi connectivity index (χ4n) is 4.24. The highest BCUT2D eigenvalue weighted by molar-refractivity contribution is 7.53. The van der Waals surface area contributed by atoms with E-state index in [0.29, 0.717) is 41.3 Å². The van der Waals surface area contributed by atoms with Gasteiger partial charge in [-0.15, -0.1) is 10.2 Å². The number of anilines is 1. The second kappa shape index (κ2) is 11.4. The van der Waals surface area contributed by atoms with Crippen LogP contribution in [0.15, 0.2) is 30.5 Å². The molecule has 39 heavy (non-hydrogen) atoms. The number of H-pyrrole nitrogens is 1. The Hall–Kier alpha value is -2.75. The summed E-state index contributed by atoms with van der Waals surface area (Å²) in [6, 6.07) is 7.43. The molecule has 1 aliphatic rings. The average Bonchev–Trinajstić information content (AvgIpc) is 3.66. The molecule has 0 unspecified atom stereocenters. The van der Waals surface area contributed by atoms with Crippen molar-refractivity contribution >= 4 is 47.6 Å². The SMILES string of the molecule is O=P(O)(O)[C@@](CO)(Cc1nn[nH]n1)OC[C@@H]1CC[C@H](n2ncc3c(NCc4ccccc4Cl)nc(Cl)nc32)O1. The lowest BCUT2D eigenvalue weighted by atomic mass is 10.2. The molecule has 1 saturated heterocycles. The molecule has 0 bridgehead atoms. The molecule has 1 aromatic carbocycles. The lowest BCUT2D eigenvalue weighted by Gasteiger charge is -2.32. The number of rotatable bonds is 11. The molecule has 3 aromatic heterocycles. The molecule has 0 amide bonds. The highest BCUT2D eigenvalue weighted by Crippen LogP contribution is 2.52. The highest BCUT2D eigenvalue weighted by atomic mass is 35.5. The maximum absolute atomic E-state index is 12.3. The second-order valence-electron chi connectivity index (χ2n) is 8.87. The number of aliphatic hydroxyl groups is 1. The van der Waals surface area contributed by atoms with Crippen LogP contribution in [0.3, 0.4) is 0 Å². The normalized spacial score (nSPS) is 19.4. The summed E-state index contributed by atoms with van der Waals surface area (Å²) >= 11 is 12.5. The maximum Gasteiger partial charge on any atom is 0.359 e. The van der Waals surface area contributed by atoms with Crippen LogP contribution in [0.4, 0.5) is 5.82 Å². The van der Waals surface area contributed by atoms with Crippen LogP contribution in [-0.4, -0.2) is 79.9 Å². The molecule has 0 radical (unpaired) electrons. The molecule has 4 heterocycles. The fraction of sp³-hybridized carbons (Fsp3) is 0.429. The van der Waals surface area contributed by atoms with E-state index in [1.54, 1.807) is 16.9 Å². The number of ether oxygens (including phenoxy) is 2. The summed E-state index contributed by atoms with van der Waals surface area (Å²) in [5.41, 5.74) is 1.32. The van der Waals surface area contributed by atoms with E-state index in [2.05, 4.69) is 41.0 Å². The Morgan fingerprint density at radius 1 is 1.26 bits per heavy atom. The number of aliphatic hydroxyl groups excluding tert-OH is 1. The number of tetrazole rings is 1. The summed E-state index contributed by atoms with van der Waals surface area (Å²) in [5.74, 6) is 0.459. The monoisotopic (exact) mass is 599 g/mol. The Morgan fingerprint density at radius 2 is 2.08 bits per heavy atom. The minimum atomic E-state index is -4.96. The number of aromatic amines is 1. The van der Waals surface area contributed by atoms with Crippen LogP contribution in [0.2, 0.25) is 10.3 Å². The standard InChI is InChI=1S/C21H24Cl2N9O6P/c22-15-4-2-1-3-12(15)8-24-18-14-9-25-32(19(14)27-20(23)26-18)17-6-5-13(38-17)10-37-21(11-33,39(34,35)36)7-16-28-30-31-29-16/h1-4,9,13,17,33H,5-8,10-11H2,(H,24,26,27)(H2,34,35,36)(H,28,29,30,31)/t13-,17+,21+/m0/s1. The van der Waals surface area contributed by atoms with Gasteiger partial charge in [0.15, 0.2) is 23.0 Å². The highest BCUT2D eigenvalue weighted by Gasteiger charge is 2.50. The molecular weight excluding hydrogens is 576 g/mol. The van der Waals surface area contributed by atoms with Crippen LogP contribution in [0, 0.1) is 0 Å². The Morgan fingerprint density at radius 3 is 2.79 bits per heavy atom. The molecular formula is C21H24Cl2N9O6P. The Bertz CT molecular complexity index is 1490. The number of hydrogen-bond acceptors (Lipinski definition) is 11. The van der Waals surface area contributed by atoms with Gasteiger partial charge in [-0.3, -0.25) is 4.57 Å². The van der Waals surface area contributed by atoms with E-state index in [4.69, 9.17) is 32.7 Å². The third-order valence-corrected chi connectivity index (χ3v) is 8.36. The topological polar surface area (TPSA) is 206 Å². The number of aromatic nitrogens is 8. The molecule has 5 rings (SSSR count). The van der Waals surface area contributed by atoms with Crippen molar-refractivity contribution in [2.24, 2.45) is 0 Å². The van der Waals surface area contributed by atoms with Gasteiger partial charge in [-0.05, 0) is 36.1 Å². The first-order chi connectivity index (χ1) is 18.7. The third kappa shape index (κ3) is 5.90. The van der Waals surface area contributed by atoms with Crippen molar-refractivity contribution in [3.63, 3.8) is 0 Å². The van der Waals surface area contributed by atoms with Gasteiger partial charge in [0, 0.05) is 11.6 Å². The van der Waals surface area contributed by atoms with Crippen molar-refractivity contribution in [1.29, 1.82) is 0 Å². The van der Waals surface area contributed by atoms with Gasteiger partial charge in [-0.2, -0.15) is 20.3 Å². The number of fused-ring (bicyclic) bond motifs is 1. The number of nitrogens with zero attached hydrogens (tertiary/aromatic N) is 7. The molecule has 0 aliphatic carbocycles. The molecule has 1 aliphatic heterocycles. The predicted octanol–water partition coefficient (Wildman–Crippen LogP) is 2.06.